The van der Waals surface area contributed by atoms with E-state index in [-0.39, 0.29) is 36.8 Å². The number of nitrogens with zero attached hydrogens (tertiary/aromatic N) is 3. The van der Waals surface area contributed by atoms with Crippen LogP contribution < -0.4 is 19.7 Å². The third-order valence-electron chi connectivity index (χ3n) is 7.47. The molecule has 1 saturated heterocycles. The predicted molar refractivity (Wildman–Crippen MR) is 143 cm³/mol. The van der Waals surface area contributed by atoms with E-state index in [0.29, 0.717) is 35.5 Å². The van der Waals surface area contributed by atoms with Gasteiger partial charge in [0.1, 0.15) is 5.69 Å². The van der Waals surface area contributed by atoms with Crippen molar-refractivity contribution in [2.45, 2.75) is 26.3 Å². The third-order valence-corrected chi connectivity index (χ3v) is 8.49. The van der Waals surface area contributed by atoms with Crippen LogP contribution in [0.3, 0.4) is 0 Å². The topological polar surface area (TPSA) is 101 Å². The Morgan fingerprint density at radius 1 is 1.21 bits per heavy atom. The molecule has 196 valence electrons. The fourth-order valence-electron chi connectivity index (χ4n) is 5.44. The quantitative estimate of drug-likeness (QED) is 0.533. The van der Waals surface area contributed by atoms with Gasteiger partial charge in [-0.3, -0.25) is 9.59 Å². The first-order chi connectivity index (χ1) is 18.3. The summed E-state index contributed by atoms with van der Waals surface area (Å²) in [5.41, 5.74) is 3.13. The van der Waals surface area contributed by atoms with Crippen molar-refractivity contribution in [3.63, 3.8) is 0 Å². The number of thiazole rings is 1. The van der Waals surface area contributed by atoms with Crippen LogP contribution in [0.1, 0.15) is 27.5 Å². The van der Waals surface area contributed by atoms with Gasteiger partial charge in [-0.15, -0.1) is 11.3 Å². The van der Waals surface area contributed by atoms with Crippen LogP contribution in [0.15, 0.2) is 42.5 Å². The Labute approximate surface area is 224 Å². The molecule has 1 N–H and O–H groups in total. The van der Waals surface area contributed by atoms with Crippen LogP contribution in [0, 0.1) is 25.7 Å². The SMILES string of the molecule is Cc1cccc(-c2sc(C)nc2C(=O)N2C[C@@H]3C[C@@H]3[C@H]2CNC(=O)Oc2cccc3c2OCC(=O)N3C)c1. The molecule has 3 heterocycles. The van der Waals surface area contributed by atoms with Gasteiger partial charge >= 0.3 is 6.09 Å². The van der Waals surface area contributed by atoms with Crippen LogP contribution in [0.4, 0.5) is 10.5 Å². The number of fused-ring (bicyclic) bond motifs is 2. The maximum absolute atomic E-state index is 13.7. The summed E-state index contributed by atoms with van der Waals surface area (Å²) in [7, 11) is 1.65. The van der Waals surface area contributed by atoms with Crippen molar-refractivity contribution in [3.8, 4) is 21.9 Å². The minimum absolute atomic E-state index is 0.101. The lowest BCUT2D eigenvalue weighted by Gasteiger charge is -2.28. The molecule has 3 amide bonds. The van der Waals surface area contributed by atoms with Crippen LogP contribution in [-0.2, 0) is 4.79 Å². The minimum Gasteiger partial charge on any atom is -0.478 e. The van der Waals surface area contributed by atoms with Crippen molar-refractivity contribution >= 4 is 34.9 Å². The smallest absolute Gasteiger partial charge is 0.412 e. The van der Waals surface area contributed by atoms with E-state index in [1.54, 1.807) is 25.2 Å². The Balaban J connectivity index is 1.16. The summed E-state index contributed by atoms with van der Waals surface area (Å²) in [5, 5.41) is 3.68. The summed E-state index contributed by atoms with van der Waals surface area (Å²) in [4.78, 5) is 47.3. The van der Waals surface area contributed by atoms with Crippen molar-refractivity contribution in [3.05, 3.63) is 58.7 Å². The van der Waals surface area contributed by atoms with Crippen molar-refractivity contribution in [1.29, 1.82) is 0 Å². The zero-order valence-corrected chi connectivity index (χ0v) is 22.2. The van der Waals surface area contributed by atoms with Crippen molar-refractivity contribution in [2.75, 3.05) is 31.6 Å². The number of piperidine rings is 1. The Morgan fingerprint density at radius 2 is 2.03 bits per heavy atom. The van der Waals surface area contributed by atoms with E-state index in [2.05, 4.69) is 16.4 Å². The Kier molecular flexibility index (Phi) is 6.06. The van der Waals surface area contributed by atoms with Crippen molar-refractivity contribution < 1.29 is 23.9 Å². The van der Waals surface area contributed by atoms with E-state index in [1.165, 1.54) is 16.2 Å². The van der Waals surface area contributed by atoms with Gasteiger partial charge in [-0.05, 0) is 49.8 Å². The first kappa shape index (κ1) is 24.4. The predicted octanol–water partition coefficient (Wildman–Crippen LogP) is 4.03. The van der Waals surface area contributed by atoms with E-state index in [1.807, 2.05) is 36.9 Å². The van der Waals surface area contributed by atoms with Gasteiger partial charge in [0.05, 0.1) is 21.6 Å². The summed E-state index contributed by atoms with van der Waals surface area (Å²) < 4.78 is 11.1. The van der Waals surface area contributed by atoms with E-state index in [4.69, 9.17) is 9.47 Å². The van der Waals surface area contributed by atoms with Gasteiger partial charge in [-0.25, -0.2) is 9.78 Å². The molecular weight excluding hydrogens is 504 g/mol. The molecule has 0 spiro atoms. The molecule has 3 aromatic rings. The zero-order chi connectivity index (χ0) is 26.6. The second kappa shape index (κ2) is 9.43. The first-order valence-corrected chi connectivity index (χ1v) is 13.4. The Morgan fingerprint density at radius 3 is 2.84 bits per heavy atom. The number of hydrogen-bond acceptors (Lipinski definition) is 7. The summed E-state index contributed by atoms with van der Waals surface area (Å²) in [5.74, 6) is 1.12. The summed E-state index contributed by atoms with van der Waals surface area (Å²) in [6.45, 7) is 4.77. The van der Waals surface area contributed by atoms with Gasteiger partial charge in [0.25, 0.3) is 11.8 Å². The molecule has 10 heteroatoms. The summed E-state index contributed by atoms with van der Waals surface area (Å²) in [6.07, 6.45) is 0.412. The molecule has 3 aliphatic rings. The lowest BCUT2D eigenvalue weighted by atomic mass is 10.1. The number of benzene rings is 2. The molecule has 2 aliphatic heterocycles. The largest absolute Gasteiger partial charge is 0.478 e. The van der Waals surface area contributed by atoms with E-state index in [0.717, 1.165) is 27.4 Å². The second-order valence-corrected chi connectivity index (χ2v) is 11.3. The molecule has 1 saturated carbocycles. The molecular formula is C28H28N4O5S. The molecule has 38 heavy (non-hydrogen) atoms. The van der Waals surface area contributed by atoms with E-state index in [9.17, 15) is 14.4 Å². The maximum Gasteiger partial charge on any atom is 0.412 e. The number of aromatic nitrogens is 1. The molecule has 1 aliphatic carbocycles. The fraction of sp³-hybridized carbons (Fsp3) is 0.357. The Bertz CT molecular complexity index is 1450. The fourth-order valence-corrected chi connectivity index (χ4v) is 6.35. The van der Waals surface area contributed by atoms with Gasteiger partial charge in [0.15, 0.2) is 18.1 Å². The molecule has 1 aromatic heterocycles. The number of ether oxygens (including phenoxy) is 2. The lowest BCUT2D eigenvalue weighted by Crippen LogP contribution is -2.46. The highest BCUT2D eigenvalue weighted by Crippen LogP contribution is 2.50. The van der Waals surface area contributed by atoms with Gasteiger partial charge in [0.2, 0.25) is 0 Å². The molecule has 0 unspecified atom stereocenters. The monoisotopic (exact) mass is 532 g/mol. The maximum atomic E-state index is 13.7. The van der Waals surface area contributed by atoms with E-state index >= 15 is 0 Å². The number of anilines is 1. The summed E-state index contributed by atoms with van der Waals surface area (Å²) >= 11 is 1.52. The highest BCUT2D eigenvalue weighted by atomic mass is 32.1. The lowest BCUT2D eigenvalue weighted by molar-refractivity contribution is -0.121. The van der Waals surface area contributed by atoms with Crippen LogP contribution >= 0.6 is 11.3 Å². The van der Waals surface area contributed by atoms with Gasteiger partial charge < -0.3 is 24.6 Å². The average Bonchev–Trinajstić information content (AvgIpc) is 3.41. The molecule has 3 atom stereocenters. The number of hydrogen-bond donors (Lipinski definition) is 1. The number of likely N-dealkylation sites (tertiary alicyclic amines) is 1. The molecule has 9 nitrogen and oxygen atoms in total. The number of carbonyl (C=O) groups is 3. The van der Waals surface area contributed by atoms with Crippen LogP contribution in [0.5, 0.6) is 11.5 Å². The van der Waals surface area contributed by atoms with Crippen molar-refractivity contribution in [2.24, 2.45) is 11.8 Å². The molecule has 2 fully saturated rings. The number of likely N-dealkylation sites (N-methyl/N-ethyl adjacent to an activating group) is 1. The first-order valence-electron chi connectivity index (χ1n) is 12.6. The highest BCUT2D eigenvalue weighted by molar-refractivity contribution is 7.15. The number of nitrogens with one attached hydrogen (secondary N) is 1. The van der Waals surface area contributed by atoms with Gasteiger partial charge in [-0.2, -0.15) is 0 Å². The number of amides is 3. The molecule has 0 bridgehead atoms. The highest BCUT2D eigenvalue weighted by Gasteiger charge is 2.54. The number of rotatable bonds is 5. The van der Waals surface area contributed by atoms with E-state index < -0.39 is 6.09 Å². The average molecular weight is 533 g/mol. The second-order valence-electron chi connectivity index (χ2n) is 10.1. The number of carbonyl (C=O) groups excluding carboxylic acids is 3. The van der Waals surface area contributed by atoms with Crippen LogP contribution in [-0.4, -0.2) is 60.6 Å². The van der Waals surface area contributed by atoms with Crippen LogP contribution in [0.2, 0.25) is 0 Å². The summed E-state index contributed by atoms with van der Waals surface area (Å²) in [6, 6.07) is 13.0. The number of aryl methyl sites for hydroxylation is 2. The van der Waals surface area contributed by atoms with Crippen molar-refractivity contribution in [1.82, 2.24) is 15.2 Å². The van der Waals surface area contributed by atoms with Gasteiger partial charge in [0, 0.05) is 20.1 Å². The standard InChI is InChI=1S/C28H28N4O5S/c1-15-6-4-7-17(10-15)26-24(30-16(2)38-26)27(34)32-13-18-11-19(18)21(32)12-29-28(35)37-22-9-5-8-20-25(22)36-14-23(33)31(20)3/h4-10,18-19,21H,11-14H2,1-3H3,(H,29,35)/t18-,19-,21+/m0/s1. The molecule has 6 rings (SSSR count). The minimum atomic E-state index is -0.636. The molecule has 0 radical (unpaired) electrons. The van der Waals surface area contributed by atoms with Crippen LogP contribution in [0.25, 0.3) is 10.4 Å². The third kappa shape index (κ3) is 4.38. The normalized spacial score (nSPS) is 21.4. The molecule has 2 aromatic carbocycles. The Hall–Kier alpha value is -3.92. The zero-order valence-electron chi connectivity index (χ0n) is 21.4. The number of para-hydroxylation sites is 1. The van der Waals surface area contributed by atoms with Gasteiger partial charge in [-0.1, -0.05) is 35.9 Å².